The average Bonchev–Trinajstić information content (AvgIpc) is 2.91. The molecule has 0 saturated carbocycles. The molecule has 1 rings (SSSR count). The van der Waals surface area contributed by atoms with Gasteiger partial charge >= 0.3 is 8.80 Å². The summed E-state index contributed by atoms with van der Waals surface area (Å²) in [5, 5.41) is 0. The van der Waals surface area contributed by atoms with Gasteiger partial charge in [-0.05, 0) is 45.7 Å². The van der Waals surface area contributed by atoms with Crippen molar-refractivity contribution in [3.63, 3.8) is 0 Å². The largest absolute Gasteiger partial charge is 0.500 e. The van der Waals surface area contributed by atoms with Crippen molar-refractivity contribution >= 4 is 25.3 Å². The van der Waals surface area contributed by atoms with Gasteiger partial charge in [0.1, 0.15) is 16.5 Å². The number of hydrogen-bond donors (Lipinski definition) is 0. The highest BCUT2D eigenvalue weighted by Gasteiger charge is 2.48. The number of nitrogens with zero attached hydrogens (tertiary/aromatic N) is 1. The molecule has 1 fully saturated rings. The lowest BCUT2D eigenvalue weighted by molar-refractivity contribution is -0.0351. The molecule has 31 heavy (non-hydrogen) atoms. The maximum absolute atomic E-state index is 6.31. The molecule has 0 unspecified atom stereocenters. The highest BCUT2D eigenvalue weighted by atomic mass is 28.4. The van der Waals surface area contributed by atoms with Crippen molar-refractivity contribution in [1.82, 2.24) is 4.39 Å². The van der Waals surface area contributed by atoms with Crippen LogP contribution in [0, 0.1) is 0 Å². The van der Waals surface area contributed by atoms with Crippen LogP contribution in [0.15, 0.2) is 0 Å². The molecule has 0 N–H and O–H groups in total. The van der Waals surface area contributed by atoms with Crippen molar-refractivity contribution in [1.29, 1.82) is 0 Å². The smallest absolute Gasteiger partial charge is 0.374 e. The molecule has 0 aromatic rings. The van der Waals surface area contributed by atoms with Crippen LogP contribution in [0.1, 0.15) is 78.6 Å². The minimum atomic E-state index is -2.43. The van der Waals surface area contributed by atoms with Crippen molar-refractivity contribution in [3.8, 4) is 0 Å². The van der Waals surface area contributed by atoms with Gasteiger partial charge in [0.15, 0.2) is 0 Å². The van der Waals surface area contributed by atoms with Crippen molar-refractivity contribution in [2.45, 2.75) is 123 Å². The second kappa shape index (κ2) is 15.4. The monoisotopic (exact) mass is 491 g/mol. The number of hydrogen-bond acceptors (Lipinski definition) is 5. The summed E-state index contributed by atoms with van der Waals surface area (Å²) in [7, 11) is -4.98. The molecule has 0 aromatic carbocycles. The van der Waals surface area contributed by atoms with E-state index >= 15 is 0 Å². The molecule has 0 aliphatic carbocycles. The maximum atomic E-state index is 6.31. The molecule has 1 heterocycles. The topological polar surface area (TPSA) is 40.2 Å². The van der Waals surface area contributed by atoms with Gasteiger partial charge in [-0.3, -0.25) is 0 Å². The van der Waals surface area contributed by atoms with E-state index < -0.39 is 25.3 Å². The summed E-state index contributed by atoms with van der Waals surface area (Å²) in [5.74, 6) is 0. The Bertz CT molecular complexity index is 433. The van der Waals surface area contributed by atoms with Gasteiger partial charge in [0.25, 0.3) is 0 Å². The van der Waals surface area contributed by atoms with E-state index in [2.05, 4.69) is 30.6 Å². The quantitative estimate of drug-likeness (QED) is 0.141. The molecule has 1 aliphatic heterocycles. The highest BCUT2D eigenvalue weighted by molar-refractivity contribution is 6.94. The Labute approximate surface area is 197 Å². The third kappa shape index (κ3) is 10.9. The number of rotatable bonds is 19. The van der Waals surface area contributed by atoms with Gasteiger partial charge in [-0.1, -0.05) is 71.1 Å². The zero-order valence-corrected chi connectivity index (χ0v) is 24.9. The van der Waals surface area contributed by atoms with Gasteiger partial charge in [0.05, 0.1) is 6.61 Å². The van der Waals surface area contributed by atoms with E-state index in [9.17, 15) is 0 Å². The second-order valence-corrected chi connectivity index (χ2v) is 22.4. The Morgan fingerprint density at radius 1 is 0.613 bits per heavy atom. The summed E-state index contributed by atoms with van der Waals surface area (Å²) in [6.45, 7) is 18.9. The van der Waals surface area contributed by atoms with Crippen LogP contribution in [0.4, 0.5) is 0 Å². The van der Waals surface area contributed by atoms with Crippen LogP contribution in [0.5, 0.6) is 0 Å². The molecule has 8 heteroatoms. The van der Waals surface area contributed by atoms with E-state index in [0.717, 1.165) is 19.1 Å². The fourth-order valence-electron chi connectivity index (χ4n) is 4.82. The first-order valence-corrected chi connectivity index (χ1v) is 21.3. The van der Waals surface area contributed by atoms with E-state index in [1.807, 2.05) is 20.8 Å². The van der Waals surface area contributed by atoms with E-state index in [1.165, 1.54) is 63.5 Å². The van der Waals surface area contributed by atoms with Crippen LogP contribution in [-0.2, 0) is 18.1 Å². The van der Waals surface area contributed by atoms with Gasteiger partial charge in [0.2, 0.25) is 0 Å². The van der Waals surface area contributed by atoms with Crippen LogP contribution in [0.3, 0.4) is 0 Å². The Morgan fingerprint density at radius 3 is 1.42 bits per heavy atom. The molecule has 5 nitrogen and oxygen atoms in total. The van der Waals surface area contributed by atoms with E-state index in [-0.39, 0.29) is 0 Å². The Kier molecular flexibility index (Phi) is 14.6. The lowest BCUT2D eigenvalue weighted by Gasteiger charge is -2.37. The summed E-state index contributed by atoms with van der Waals surface area (Å²) in [6.07, 6.45) is 11.7. The highest BCUT2D eigenvalue weighted by Crippen LogP contribution is 2.37. The summed E-state index contributed by atoms with van der Waals surface area (Å²) in [5.41, 5.74) is 0. The van der Waals surface area contributed by atoms with E-state index in [4.69, 9.17) is 18.1 Å². The third-order valence-corrected chi connectivity index (χ3v) is 19.1. The standard InChI is InChI=1S/C23H53NO4Si3/c1-8-26-31(27-9-2,28-10-3)21-19-17-15-13-11-12-14-16-18-20-25-24-29(4,5)22-23-30(24,6)7/h8-23H2,1-7H3. The van der Waals surface area contributed by atoms with Crippen LogP contribution in [0.2, 0.25) is 44.3 Å². The number of unbranched alkanes of at least 4 members (excludes halogenated alkanes) is 8. The zero-order chi connectivity index (χ0) is 23.2. The van der Waals surface area contributed by atoms with Gasteiger partial charge in [0, 0.05) is 25.9 Å². The van der Waals surface area contributed by atoms with Crippen LogP contribution >= 0.6 is 0 Å². The molecule has 1 saturated heterocycles. The predicted octanol–water partition coefficient (Wildman–Crippen LogP) is 7.20. The van der Waals surface area contributed by atoms with E-state index in [1.54, 1.807) is 0 Å². The van der Waals surface area contributed by atoms with Gasteiger partial charge in [-0.15, -0.1) is 0 Å². The Balaban J connectivity index is 2.03. The van der Waals surface area contributed by atoms with Crippen molar-refractivity contribution < 1.29 is 18.1 Å². The molecule has 1 aliphatic rings. The lowest BCUT2D eigenvalue weighted by atomic mass is 10.1. The summed E-state index contributed by atoms with van der Waals surface area (Å²) >= 11 is 0. The fourth-order valence-corrected chi connectivity index (χ4v) is 20.9. The summed E-state index contributed by atoms with van der Waals surface area (Å²) < 4.78 is 20.4. The molecule has 0 bridgehead atoms. The molecule has 0 amide bonds. The average molecular weight is 492 g/mol. The minimum Gasteiger partial charge on any atom is -0.374 e. The van der Waals surface area contributed by atoms with E-state index in [0.29, 0.717) is 19.8 Å². The second-order valence-electron chi connectivity index (χ2n) is 10.2. The van der Waals surface area contributed by atoms with Gasteiger partial charge < -0.3 is 18.1 Å². The Hall–Kier alpha value is 0.451. The molecular formula is C23H53NO4Si3. The first kappa shape index (κ1) is 29.5. The SMILES string of the molecule is CCO[Si](CCCCCCCCCCCON1[Si](C)(C)CC[Si]1(C)C)(OCC)OCC. The molecular weight excluding hydrogens is 439 g/mol. The third-order valence-electron chi connectivity index (χ3n) is 6.39. The van der Waals surface area contributed by atoms with Crippen LogP contribution in [0.25, 0.3) is 0 Å². The molecule has 0 atom stereocenters. The first-order chi connectivity index (χ1) is 14.7. The van der Waals surface area contributed by atoms with Crippen molar-refractivity contribution in [3.05, 3.63) is 0 Å². The predicted molar refractivity (Wildman–Crippen MR) is 139 cm³/mol. The molecule has 0 spiro atoms. The maximum Gasteiger partial charge on any atom is 0.500 e. The molecule has 186 valence electrons. The molecule has 0 aromatic heterocycles. The van der Waals surface area contributed by atoms with Crippen LogP contribution < -0.4 is 0 Å². The van der Waals surface area contributed by atoms with Crippen molar-refractivity contribution in [2.75, 3.05) is 26.4 Å². The lowest BCUT2D eigenvalue weighted by Crippen LogP contribution is -2.54. The zero-order valence-electron chi connectivity index (χ0n) is 21.9. The summed E-state index contributed by atoms with van der Waals surface area (Å²) in [6, 6.07) is 3.79. The fraction of sp³-hybridized carbons (Fsp3) is 1.00. The van der Waals surface area contributed by atoms with Gasteiger partial charge in [-0.25, -0.2) is 4.39 Å². The first-order valence-electron chi connectivity index (χ1n) is 13.1. The summed E-state index contributed by atoms with van der Waals surface area (Å²) in [4.78, 5) is 6.31. The molecule has 0 radical (unpaired) electrons. The minimum absolute atomic E-state index is 0.675. The van der Waals surface area contributed by atoms with Crippen molar-refractivity contribution in [2.24, 2.45) is 0 Å². The normalized spacial score (nSPS) is 18.7. The van der Waals surface area contributed by atoms with Gasteiger partial charge in [-0.2, -0.15) is 0 Å². The van der Waals surface area contributed by atoms with Crippen LogP contribution in [-0.4, -0.2) is 56.1 Å². The Morgan fingerprint density at radius 2 is 1.00 bits per heavy atom.